The molecule has 1 saturated heterocycles. The SMILES string of the molecule is CC1(C)NC(=O)C[C@H](Cc2c[nH]c3ccccc23)NC(=O)[C@H](Cc2cccc3ccccc23)NC(=O)[C@H](CCCCCC(=O)O)NC1=O. The summed E-state index contributed by atoms with van der Waals surface area (Å²) in [6.07, 6.45) is 3.98. The molecule has 0 saturated carbocycles. The Balaban J connectivity index is 1.47. The Labute approximate surface area is 279 Å². The number of carboxylic acids is 1. The van der Waals surface area contributed by atoms with Gasteiger partial charge in [-0.05, 0) is 61.1 Å². The summed E-state index contributed by atoms with van der Waals surface area (Å²) in [5.41, 5.74) is 1.35. The lowest BCUT2D eigenvalue weighted by Crippen LogP contribution is -2.59. The minimum Gasteiger partial charge on any atom is -0.481 e. The number of nitrogens with one attached hydrogen (secondary N) is 5. The van der Waals surface area contributed by atoms with Gasteiger partial charge < -0.3 is 31.4 Å². The second-order valence-electron chi connectivity index (χ2n) is 13.1. The monoisotopic (exact) mass is 653 g/mol. The molecular formula is C37H43N5O6. The van der Waals surface area contributed by atoms with E-state index in [2.05, 4.69) is 26.3 Å². The van der Waals surface area contributed by atoms with Gasteiger partial charge >= 0.3 is 5.97 Å². The number of amides is 4. The standard InChI is InChI=1S/C37H43N5O6/c1-37(2)36(48)41-30(17-4-3-5-18-33(44)45)34(46)40-31(20-24-13-10-12-23-11-6-7-14-27(23)24)35(47)39-26(21-32(43)42-37)19-25-22-38-29-16-9-8-15-28(25)29/h6-16,22,26,30-31,38H,3-5,17-21H2,1-2H3,(H,39,47)(H,40,46)(H,41,48)(H,42,43)(H,44,45)/t26-,30-,31-/m0/s1. The largest absolute Gasteiger partial charge is 0.481 e. The number of rotatable bonds is 10. The topological polar surface area (TPSA) is 169 Å². The molecule has 0 aliphatic carbocycles. The van der Waals surface area contributed by atoms with E-state index in [1.54, 1.807) is 13.8 Å². The number of aliphatic carboxylic acids is 1. The summed E-state index contributed by atoms with van der Waals surface area (Å²) in [7, 11) is 0. The summed E-state index contributed by atoms with van der Waals surface area (Å²) in [6, 6.07) is 18.7. The van der Waals surface area contributed by atoms with Crippen molar-refractivity contribution in [3.63, 3.8) is 0 Å². The first-order valence-corrected chi connectivity index (χ1v) is 16.5. The lowest BCUT2D eigenvalue weighted by atomic mass is 9.97. The molecule has 48 heavy (non-hydrogen) atoms. The number of unbranched alkanes of at least 4 members (excludes halogenated alkanes) is 2. The number of carboxylic acid groups (broad SMARTS) is 1. The van der Waals surface area contributed by atoms with E-state index in [1.807, 2.05) is 72.9 Å². The Morgan fingerprint density at radius 1 is 0.771 bits per heavy atom. The van der Waals surface area contributed by atoms with E-state index in [0.717, 1.165) is 32.8 Å². The number of carbonyl (C=O) groups is 5. The highest BCUT2D eigenvalue weighted by Crippen LogP contribution is 2.22. The maximum atomic E-state index is 14.2. The molecule has 4 amide bonds. The maximum absolute atomic E-state index is 14.2. The molecule has 4 aromatic rings. The fourth-order valence-corrected chi connectivity index (χ4v) is 6.30. The van der Waals surface area contributed by atoms with Crippen molar-refractivity contribution in [2.75, 3.05) is 0 Å². The summed E-state index contributed by atoms with van der Waals surface area (Å²) in [5.74, 6) is -2.84. The van der Waals surface area contributed by atoms with Crippen LogP contribution in [0.25, 0.3) is 21.7 Å². The van der Waals surface area contributed by atoms with Crippen LogP contribution in [-0.2, 0) is 36.8 Å². The summed E-state index contributed by atoms with van der Waals surface area (Å²) in [6.45, 7) is 3.14. The van der Waals surface area contributed by atoms with Gasteiger partial charge in [0.15, 0.2) is 0 Å². The zero-order chi connectivity index (χ0) is 34.3. The van der Waals surface area contributed by atoms with E-state index in [1.165, 1.54) is 0 Å². The zero-order valence-corrected chi connectivity index (χ0v) is 27.3. The second-order valence-corrected chi connectivity index (χ2v) is 13.1. The predicted molar refractivity (Wildman–Crippen MR) is 183 cm³/mol. The maximum Gasteiger partial charge on any atom is 0.303 e. The van der Waals surface area contributed by atoms with Crippen LogP contribution >= 0.6 is 0 Å². The van der Waals surface area contributed by atoms with E-state index in [9.17, 15) is 24.0 Å². The van der Waals surface area contributed by atoms with E-state index in [4.69, 9.17) is 5.11 Å². The molecule has 5 rings (SSSR count). The molecular weight excluding hydrogens is 610 g/mol. The van der Waals surface area contributed by atoms with Crippen molar-refractivity contribution in [2.45, 2.75) is 88.9 Å². The number of hydrogen-bond donors (Lipinski definition) is 6. The number of carbonyl (C=O) groups excluding carboxylic acids is 4. The fourth-order valence-electron chi connectivity index (χ4n) is 6.30. The van der Waals surface area contributed by atoms with Crippen LogP contribution in [0.5, 0.6) is 0 Å². The third kappa shape index (κ3) is 8.58. The molecule has 1 aromatic heterocycles. The van der Waals surface area contributed by atoms with Crippen LogP contribution < -0.4 is 21.3 Å². The van der Waals surface area contributed by atoms with Gasteiger partial charge in [-0.15, -0.1) is 0 Å². The molecule has 3 aromatic carbocycles. The number of hydrogen-bond acceptors (Lipinski definition) is 5. The molecule has 1 aliphatic heterocycles. The van der Waals surface area contributed by atoms with Crippen molar-refractivity contribution in [3.05, 3.63) is 84.1 Å². The van der Waals surface area contributed by atoms with Gasteiger partial charge in [0.2, 0.25) is 23.6 Å². The number of fused-ring (bicyclic) bond motifs is 2. The van der Waals surface area contributed by atoms with Crippen molar-refractivity contribution in [2.24, 2.45) is 0 Å². The van der Waals surface area contributed by atoms with Crippen molar-refractivity contribution in [3.8, 4) is 0 Å². The highest BCUT2D eigenvalue weighted by atomic mass is 16.4. The fraction of sp³-hybridized carbons (Fsp3) is 0.378. The van der Waals surface area contributed by atoms with Gasteiger partial charge in [0.1, 0.15) is 17.6 Å². The summed E-state index contributed by atoms with van der Waals surface area (Å²) >= 11 is 0. The number of aromatic nitrogens is 1. The van der Waals surface area contributed by atoms with Crippen LogP contribution in [0.3, 0.4) is 0 Å². The van der Waals surface area contributed by atoms with E-state index < -0.39 is 53.3 Å². The van der Waals surface area contributed by atoms with E-state index in [-0.39, 0.29) is 25.7 Å². The minimum absolute atomic E-state index is 0.00921. The molecule has 252 valence electrons. The Kier molecular flexibility index (Phi) is 10.8. The van der Waals surface area contributed by atoms with Gasteiger partial charge in [0.05, 0.1) is 0 Å². The van der Waals surface area contributed by atoms with Gasteiger partial charge in [-0.3, -0.25) is 24.0 Å². The first kappa shape index (κ1) is 34.2. The third-order valence-electron chi connectivity index (χ3n) is 8.88. The van der Waals surface area contributed by atoms with Crippen LogP contribution in [0.1, 0.15) is 63.5 Å². The van der Waals surface area contributed by atoms with Gasteiger partial charge in [0.25, 0.3) is 0 Å². The molecule has 11 nitrogen and oxygen atoms in total. The molecule has 2 heterocycles. The lowest BCUT2D eigenvalue weighted by molar-refractivity contribution is -0.137. The van der Waals surface area contributed by atoms with Crippen molar-refractivity contribution in [1.29, 1.82) is 0 Å². The second kappa shape index (κ2) is 15.1. The summed E-state index contributed by atoms with van der Waals surface area (Å²) in [5, 5.41) is 23.5. The van der Waals surface area contributed by atoms with Crippen LogP contribution in [-0.4, -0.2) is 63.4 Å². The van der Waals surface area contributed by atoms with Crippen LogP contribution in [0.15, 0.2) is 72.9 Å². The quantitative estimate of drug-likeness (QED) is 0.142. The first-order chi connectivity index (χ1) is 23.0. The molecule has 0 spiro atoms. The van der Waals surface area contributed by atoms with Crippen molar-refractivity contribution < 1.29 is 29.1 Å². The molecule has 3 atom stereocenters. The highest BCUT2D eigenvalue weighted by molar-refractivity contribution is 5.97. The van der Waals surface area contributed by atoms with Gasteiger partial charge in [-0.1, -0.05) is 73.5 Å². The number of para-hydroxylation sites is 1. The highest BCUT2D eigenvalue weighted by Gasteiger charge is 2.36. The van der Waals surface area contributed by atoms with E-state index in [0.29, 0.717) is 25.7 Å². The molecule has 0 bridgehead atoms. The molecule has 0 radical (unpaired) electrons. The Bertz CT molecular complexity index is 1810. The minimum atomic E-state index is -1.36. The molecule has 6 N–H and O–H groups in total. The van der Waals surface area contributed by atoms with Crippen molar-refractivity contribution >= 4 is 51.3 Å². The first-order valence-electron chi connectivity index (χ1n) is 16.5. The zero-order valence-electron chi connectivity index (χ0n) is 27.3. The number of aromatic amines is 1. The molecule has 1 fully saturated rings. The molecule has 11 heteroatoms. The summed E-state index contributed by atoms with van der Waals surface area (Å²) < 4.78 is 0. The smallest absolute Gasteiger partial charge is 0.303 e. The molecule has 0 unspecified atom stereocenters. The van der Waals surface area contributed by atoms with E-state index >= 15 is 0 Å². The van der Waals surface area contributed by atoms with Gasteiger partial charge in [-0.2, -0.15) is 0 Å². The predicted octanol–water partition coefficient (Wildman–Crippen LogP) is 3.89. The average Bonchev–Trinajstić information content (AvgIpc) is 3.45. The van der Waals surface area contributed by atoms with Crippen LogP contribution in [0.4, 0.5) is 0 Å². The Morgan fingerprint density at radius 2 is 1.48 bits per heavy atom. The normalized spacial score (nSPS) is 20.5. The van der Waals surface area contributed by atoms with Crippen LogP contribution in [0, 0.1) is 0 Å². The Hall–Kier alpha value is -5.19. The Morgan fingerprint density at radius 3 is 2.27 bits per heavy atom. The molecule has 1 aliphatic rings. The number of H-pyrrole nitrogens is 1. The number of benzene rings is 3. The third-order valence-corrected chi connectivity index (χ3v) is 8.88. The van der Waals surface area contributed by atoms with Gasteiger partial charge in [0, 0.05) is 42.4 Å². The van der Waals surface area contributed by atoms with Gasteiger partial charge in [-0.25, -0.2) is 0 Å². The lowest BCUT2D eigenvalue weighted by Gasteiger charge is -2.28. The van der Waals surface area contributed by atoms with Crippen molar-refractivity contribution in [1.82, 2.24) is 26.3 Å². The average molecular weight is 654 g/mol. The van der Waals surface area contributed by atoms with Crippen LogP contribution in [0.2, 0.25) is 0 Å². The summed E-state index contributed by atoms with van der Waals surface area (Å²) in [4.78, 5) is 69.2.